The number of aromatic nitrogens is 2. The second-order valence-electron chi connectivity index (χ2n) is 16.6. The van der Waals surface area contributed by atoms with Gasteiger partial charge < -0.3 is 29.2 Å². The predicted molar refractivity (Wildman–Crippen MR) is 210 cm³/mol. The van der Waals surface area contributed by atoms with Crippen LogP contribution in [0.1, 0.15) is 66.4 Å². The van der Waals surface area contributed by atoms with E-state index in [4.69, 9.17) is 35.5 Å². The molecule has 3 aliphatic rings. The molecule has 13 nitrogen and oxygen atoms in total. The molecule has 2 amide bonds. The lowest BCUT2D eigenvalue weighted by Gasteiger charge is -2.31. The van der Waals surface area contributed by atoms with Gasteiger partial charge in [0, 0.05) is 37.5 Å². The Hall–Kier alpha value is -4.79. The molecule has 0 unspecified atom stereocenters. The van der Waals surface area contributed by atoms with Gasteiger partial charge in [-0.05, 0) is 72.6 Å². The van der Waals surface area contributed by atoms with Crippen molar-refractivity contribution in [3.63, 3.8) is 0 Å². The summed E-state index contributed by atoms with van der Waals surface area (Å²) in [5.74, 6) is -1.47. The molecule has 0 spiro atoms. The Morgan fingerprint density at radius 1 is 1.12 bits per heavy atom. The summed E-state index contributed by atoms with van der Waals surface area (Å²) in [6.07, 6.45) is -0.663. The van der Waals surface area contributed by atoms with Gasteiger partial charge in [-0.1, -0.05) is 17.7 Å². The summed E-state index contributed by atoms with van der Waals surface area (Å²) in [7, 11) is 1.69. The first-order valence-corrected chi connectivity index (χ1v) is 19.7. The Balaban J connectivity index is 1.37. The molecular formula is C39H43ClF3N7O6S. The van der Waals surface area contributed by atoms with Gasteiger partial charge in [-0.25, -0.2) is 22.8 Å². The number of alkyl carbamates (subject to hydrolysis) is 1. The molecular weight excluding hydrogens is 787 g/mol. The molecule has 0 radical (unpaired) electrons. The van der Waals surface area contributed by atoms with E-state index >= 15 is 8.78 Å². The van der Waals surface area contributed by atoms with Crippen molar-refractivity contribution in [1.29, 1.82) is 5.26 Å². The van der Waals surface area contributed by atoms with Gasteiger partial charge in [0.05, 0.1) is 32.3 Å². The van der Waals surface area contributed by atoms with E-state index in [9.17, 15) is 19.2 Å². The Morgan fingerprint density at radius 3 is 2.54 bits per heavy atom. The first-order chi connectivity index (χ1) is 26.8. The minimum absolute atomic E-state index is 0.000672. The molecule has 3 aliphatic heterocycles. The number of rotatable bonds is 7. The zero-order valence-corrected chi connectivity index (χ0v) is 34.1. The Kier molecular flexibility index (Phi) is 10.5. The van der Waals surface area contributed by atoms with E-state index in [2.05, 4.69) is 20.5 Å². The summed E-state index contributed by atoms with van der Waals surface area (Å²) in [5.41, 5.74) is -2.77. The number of anilines is 2. The number of carbonyl (C=O) groups is 2. The molecule has 2 aromatic carbocycles. The Labute approximate surface area is 336 Å². The van der Waals surface area contributed by atoms with E-state index in [1.54, 1.807) is 53.5 Å². The van der Waals surface area contributed by atoms with Crippen molar-refractivity contribution in [2.24, 2.45) is 0 Å². The molecule has 2 saturated heterocycles. The number of nitrogens with zero attached hydrogens (tertiary/aromatic N) is 5. The maximum absolute atomic E-state index is 17.5. The van der Waals surface area contributed by atoms with Crippen molar-refractivity contribution in [1.82, 2.24) is 20.2 Å². The normalized spacial score (nSPS) is 20.8. The second kappa shape index (κ2) is 14.9. The highest BCUT2D eigenvalue weighted by atomic mass is 35.5. The zero-order chi connectivity index (χ0) is 41.2. The number of fused-ring (bicyclic) bond motifs is 2. The maximum Gasteiger partial charge on any atom is 0.412 e. The summed E-state index contributed by atoms with van der Waals surface area (Å²) in [4.78, 5) is 38.5. The zero-order valence-electron chi connectivity index (χ0n) is 32.6. The number of likely N-dealkylation sites (N-methyl/N-ethyl adjacent to an activating group) is 1. The minimum atomic E-state index is -1.01. The molecule has 304 valence electrons. The van der Waals surface area contributed by atoms with E-state index < -0.39 is 52.8 Å². The van der Waals surface area contributed by atoms with Gasteiger partial charge in [-0.2, -0.15) is 15.2 Å². The molecule has 7 rings (SSSR count). The molecule has 2 aromatic heterocycles. The number of ether oxygens (including phenoxy) is 4. The van der Waals surface area contributed by atoms with Gasteiger partial charge in [0.15, 0.2) is 11.6 Å². The summed E-state index contributed by atoms with van der Waals surface area (Å²) >= 11 is 7.88. The van der Waals surface area contributed by atoms with Crippen molar-refractivity contribution in [2.45, 2.75) is 89.8 Å². The van der Waals surface area contributed by atoms with Crippen LogP contribution in [0.15, 0.2) is 12.1 Å². The number of nitriles is 1. The highest BCUT2D eigenvalue weighted by Crippen LogP contribution is 2.51. The van der Waals surface area contributed by atoms with Crippen LogP contribution in [0.25, 0.3) is 32.1 Å². The number of carbonyl (C=O) groups excluding carboxylic acids is 2. The van der Waals surface area contributed by atoms with Crippen LogP contribution in [0.3, 0.4) is 0 Å². The van der Waals surface area contributed by atoms with Crippen LogP contribution >= 0.6 is 22.9 Å². The second-order valence-corrected chi connectivity index (χ2v) is 18.0. The highest BCUT2D eigenvalue weighted by Gasteiger charge is 2.49. The lowest BCUT2D eigenvalue weighted by Crippen LogP contribution is -2.46. The van der Waals surface area contributed by atoms with Gasteiger partial charge in [0.1, 0.15) is 58.8 Å². The molecule has 2 fully saturated rings. The van der Waals surface area contributed by atoms with Gasteiger partial charge in [-0.3, -0.25) is 10.2 Å². The van der Waals surface area contributed by atoms with E-state index in [1.165, 1.54) is 6.07 Å². The van der Waals surface area contributed by atoms with Crippen LogP contribution in [0, 0.1) is 23.0 Å². The number of nitrogens with one attached hydrogen (secondary N) is 2. The monoisotopic (exact) mass is 829 g/mol. The topological polar surface area (TPSA) is 151 Å². The number of amides is 2. The van der Waals surface area contributed by atoms with Crippen molar-refractivity contribution in [3.05, 3.63) is 34.4 Å². The Bertz CT molecular complexity index is 2330. The van der Waals surface area contributed by atoms with Crippen molar-refractivity contribution in [2.75, 3.05) is 50.1 Å². The van der Waals surface area contributed by atoms with Gasteiger partial charge in [0.25, 0.3) is 0 Å². The van der Waals surface area contributed by atoms with Crippen molar-refractivity contribution in [3.8, 4) is 29.0 Å². The molecule has 57 heavy (non-hydrogen) atoms. The van der Waals surface area contributed by atoms with E-state index in [-0.39, 0.29) is 91.5 Å². The summed E-state index contributed by atoms with van der Waals surface area (Å²) in [5, 5.41) is 15.5. The van der Waals surface area contributed by atoms with Gasteiger partial charge >= 0.3 is 18.2 Å². The van der Waals surface area contributed by atoms with Crippen LogP contribution in [0.2, 0.25) is 5.02 Å². The molecule has 5 heterocycles. The third-order valence-electron chi connectivity index (χ3n) is 10.1. The van der Waals surface area contributed by atoms with E-state index in [0.717, 1.165) is 30.4 Å². The molecule has 4 aromatic rings. The summed E-state index contributed by atoms with van der Waals surface area (Å²) < 4.78 is 70.9. The van der Waals surface area contributed by atoms with Crippen LogP contribution in [0.4, 0.5) is 33.6 Å². The average molecular weight is 830 g/mol. The molecule has 2 N–H and O–H groups in total. The molecule has 0 aliphatic carbocycles. The smallest absolute Gasteiger partial charge is 0.412 e. The number of thiophene rings is 1. The third-order valence-corrected chi connectivity index (χ3v) is 11.6. The lowest BCUT2D eigenvalue weighted by molar-refractivity contribution is 0.0520. The molecule has 0 saturated carbocycles. The number of benzene rings is 2. The lowest BCUT2D eigenvalue weighted by atomic mass is 9.95. The summed E-state index contributed by atoms with van der Waals surface area (Å²) in [6, 6.07) is 3.66. The fraction of sp³-hybridized carbons (Fsp3) is 0.513. The molecule has 3 atom stereocenters. The SMILES string of the molecule is CN1c2nc(OC[C@@]34CCCN3C[C@H](F)C4)nc3c(F)c(-c4ccc(F)c5sc(NC(=O)OC(C)(C)C)c(C#N)c45)c(Cl)c(c23)OC[C@@H]1CNC(=O)OC(C)(C)C. The van der Waals surface area contributed by atoms with Crippen molar-refractivity contribution < 1.29 is 41.7 Å². The van der Waals surface area contributed by atoms with Crippen LogP contribution in [-0.4, -0.2) is 95.9 Å². The summed E-state index contributed by atoms with van der Waals surface area (Å²) in [6.45, 7) is 11.3. The fourth-order valence-corrected chi connectivity index (χ4v) is 9.12. The fourth-order valence-electron chi connectivity index (χ4n) is 7.72. The minimum Gasteiger partial charge on any atom is -0.489 e. The van der Waals surface area contributed by atoms with E-state index in [0.29, 0.717) is 13.0 Å². The van der Waals surface area contributed by atoms with E-state index in [1.807, 2.05) is 6.07 Å². The first kappa shape index (κ1) is 40.4. The van der Waals surface area contributed by atoms with Crippen LogP contribution in [0.5, 0.6) is 11.8 Å². The highest BCUT2D eigenvalue weighted by molar-refractivity contribution is 7.23. The average Bonchev–Trinajstić information content (AvgIpc) is 3.74. The molecule has 0 bridgehead atoms. The first-order valence-electron chi connectivity index (χ1n) is 18.5. The number of hydrogen-bond donors (Lipinski definition) is 2. The van der Waals surface area contributed by atoms with Gasteiger partial charge in [-0.15, -0.1) is 11.3 Å². The third kappa shape index (κ3) is 7.79. The van der Waals surface area contributed by atoms with Gasteiger partial charge in [0.2, 0.25) is 0 Å². The quantitative estimate of drug-likeness (QED) is 0.185. The maximum atomic E-state index is 17.5. The van der Waals surface area contributed by atoms with Crippen LogP contribution < -0.4 is 25.0 Å². The predicted octanol–water partition coefficient (Wildman–Crippen LogP) is 8.34. The standard InChI is InChI=1S/C39H43ClF3N7O6S/c1-37(2,3)55-35(51)45-15-20-17-53-30-26-29(46-34(47-32(26)49(20)7)54-18-39-11-8-12-50(39)16-19(41)13-39)28(43)25(27(30)40)21-9-10-23(42)31-24(21)22(14-44)33(57-31)48-36(52)56-38(4,5)6/h9-10,19-20H,8,11-13,15-18H2,1-7H3,(H,45,51)(H,48,52)/t19-,20+,39+/m1/s1. The molecule has 18 heteroatoms. The van der Waals surface area contributed by atoms with Crippen molar-refractivity contribution >= 4 is 66.9 Å². The number of halogens is 4. The Morgan fingerprint density at radius 2 is 1.84 bits per heavy atom. The number of hydrogen-bond acceptors (Lipinski definition) is 12. The van der Waals surface area contributed by atoms with Crippen LogP contribution in [-0.2, 0) is 9.47 Å². The largest absolute Gasteiger partial charge is 0.489 e. The number of alkyl halides is 1.